The molecule has 4 nitrogen and oxygen atoms in total. The average Bonchev–Trinajstić information content (AvgIpc) is 2.83. The topological polar surface area (TPSA) is 53.2 Å². The van der Waals surface area contributed by atoms with Crippen LogP contribution in [0, 0.1) is 12.7 Å². The lowest BCUT2D eigenvalue weighted by atomic mass is 10.0. The SMILES string of the molecule is CCc1c(C(=O)N(C)Cc2cccc(F)c2)[nH]c(C)c1C(C)=O. The maximum Gasteiger partial charge on any atom is 0.270 e. The number of ketones is 1. The zero-order valence-corrected chi connectivity index (χ0v) is 13.9. The zero-order valence-electron chi connectivity index (χ0n) is 13.9. The van der Waals surface area contributed by atoms with Crippen molar-refractivity contribution in [3.8, 4) is 0 Å². The van der Waals surface area contributed by atoms with Gasteiger partial charge in [-0.15, -0.1) is 0 Å². The Balaban J connectivity index is 2.29. The molecular formula is C18H21FN2O2. The van der Waals surface area contributed by atoms with Crippen LogP contribution in [0.5, 0.6) is 0 Å². The number of carbonyl (C=O) groups is 2. The summed E-state index contributed by atoms with van der Waals surface area (Å²) in [5.41, 5.74) is 3.20. The smallest absolute Gasteiger partial charge is 0.270 e. The van der Waals surface area contributed by atoms with Crippen LogP contribution in [-0.2, 0) is 13.0 Å². The highest BCUT2D eigenvalue weighted by Crippen LogP contribution is 2.22. The van der Waals surface area contributed by atoms with E-state index < -0.39 is 0 Å². The molecule has 0 fully saturated rings. The minimum atomic E-state index is -0.327. The standard InChI is InChI=1S/C18H21FN2O2/c1-5-15-16(12(3)22)11(2)20-17(15)18(23)21(4)10-13-7-6-8-14(19)9-13/h6-9,20H,5,10H2,1-4H3. The van der Waals surface area contributed by atoms with Crippen molar-refractivity contribution in [1.82, 2.24) is 9.88 Å². The predicted molar refractivity (Wildman–Crippen MR) is 87.1 cm³/mol. The Bertz CT molecular complexity index is 749. The molecule has 0 atom stereocenters. The molecule has 0 bridgehead atoms. The first-order chi connectivity index (χ1) is 10.8. The van der Waals surface area contributed by atoms with Crippen LogP contribution in [0.2, 0.25) is 0 Å². The van der Waals surface area contributed by atoms with Gasteiger partial charge in [-0.3, -0.25) is 9.59 Å². The minimum absolute atomic E-state index is 0.0533. The van der Waals surface area contributed by atoms with E-state index in [0.717, 1.165) is 5.56 Å². The largest absolute Gasteiger partial charge is 0.354 e. The fourth-order valence-corrected chi connectivity index (χ4v) is 2.86. The minimum Gasteiger partial charge on any atom is -0.354 e. The molecule has 0 saturated heterocycles. The number of benzene rings is 1. The van der Waals surface area contributed by atoms with Gasteiger partial charge in [-0.2, -0.15) is 0 Å². The highest BCUT2D eigenvalue weighted by molar-refractivity contribution is 6.02. The Kier molecular flexibility index (Phi) is 4.98. The van der Waals surface area contributed by atoms with Gasteiger partial charge in [0.2, 0.25) is 0 Å². The van der Waals surface area contributed by atoms with Crippen molar-refractivity contribution in [2.45, 2.75) is 33.7 Å². The fraction of sp³-hybridized carbons (Fsp3) is 0.333. The maximum atomic E-state index is 13.3. The van der Waals surface area contributed by atoms with E-state index in [0.29, 0.717) is 35.5 Å². The molecule has 1 heterocycles. The van der Waals surface area contributed by atoms with E-state index in [9.17, 15) is 14.0 Å². The molecule has 1 aromatic carbocycles. The summed E-state index contributed by atoms with van der Waals surface area (Å²) in [5, 5.41) is 0. The van der Waals surface area contributed by atoms with Crippen LogP contribution in [0.3, 0.4) is 0 Å². The Morgan fingerprint density at radius 3 is 2.57 bits per heavy atom. The van der Waals surface area contributed by atoms with Gasteiger partial charge in [0.15, 0.2) is 5.78 Å². The lowest BCUT2D eigenvalue weighted by Gasteiger charge is -2.17. The number of Topliss-reactive ketones (excluding diaryl/α,β-unsaturated/α-hetero) is 1. The first kappa shape index (κ1) is 16.9. The van der Waals surface area contributed by atoms with Crippen molar-refractivity contribution in [3.63, 3.8) is 0 Å². The van der Waals surface area contributed by atoms with Crippen LogP contribution < -0.4 is 0 Å². The van der Waals surface area contributed by atoms with E-state index in [4.69, 9.17) is 0 Å². The molecule has 122 valence electrons. The number of hydrogen-bond donors (Lipinski definition) is 1. The molecular weight excluding hydrogens is 295 g/mol. The van der Waals surface area contributed by atoms with E-state index >= 15 is 0 Å². The number of halogens is 1. The summed E-state index contributed by atoms with van der Waals surface area (Å²) in [5.74, 6) is -0.587. The molecule has 0 aliphatic carbocycles. The van der Waals surface area contributed by atoms with E-state index in [-0.39, 0.29) is 17.5 Å². The Morgan fingerprint density at radius 2 is 2.00 bits per heavy atom. The summed E-state index contributed by atoms with van der Waals surface area (Å²) >= 11 is 0. The molecule has 1 N–H and O–H groups in total. The lowest BCUT2D eigenvalue weighted by Crippen LogP contribution is -2.27. The Labute approximate surface area is 135 Å². The zero-order chi connectivity index (χ0) is 17.1. The summed E-state index contributed by atoms with van der Waals surface area (Å²) in [6.45, 7) is 5.50. The summed E-state index contributed by atoms with van der Waals surface area (Å²) in [6.07, 6.45) is 0.591. The van der Waals surface area contributed by atoms with E-state index in [1.165, 1.54) is 24.0 Å². The highest BCUT2D eigenvalue weighted by atomic mass is 19.1. The third-order valence-electron chi connectivity index (χ3n) is 3.87. The molecule has 1 amide bonds. The number of aromatic amines is 1. The van der Waals surface area contributed by atoms with E-state index in [1.54, 1.807) is 26.1 Å². The van der Waals surface area contributed by atoms with Gasteiger partial charge in [0, 0.05) is 24.8 Å². The Morgan fingerprint density at radius 1 is 1.30 bits per heavy atom. The number of nitrogens with one attached hydrogen (secondary N) is 1. The quantitative estimate of drug-likeness (QED) is 0.858. The van der Waals surface area contributed by atoms with E-state index in [2.05, 4.69) is 4.98 Å². The molecule has 5 heteroatoms. The summed E-state index contributed by atoms with van der Waals surface area (Å²) in [4.78, 5) is 29.0. The van der Waals surface area contributed by atoms with Gasteiger partial charge < -0.3 is 9.88 Å². The first-order valence-corrected chi connectivity index (χ1v) is 7.57. The normalized spacial score (nSPS) is 10.7. The van der Waals surface area contributed by atoms with Crippen LogP contribution >= 0.6 is 0 Å². The Hall–Kier alpha value is -2.43. The third-order valence-corrected chi connectivity index (χ3v) is 3.87. The molecule has 23 heavy (non-hydrogen) atoms. The van der Waals surface area contributed by atoms with Crippen molar-refractivity contribution in [3.05, 3.63) is 58.2 Å². The molecule has 0 aliphatic heterocycles. The number of aromatic nitrogens is 1. The number of nitrogens with zero attached hydrogens (tertiary/aromatic N) is 1. The monoisotopic (exact) mass is 316 g/mol. The molecule has 0 unspecified atom stereocenters. The van der Waals surface area contributed by atoms with Gasteiger partial charge in [-0.1, -0.05) is 19.1 Å². The number of amides is 1. The van der Waals surface area contributed by atoms with Gasteiger partial charge in [-0.25, -0.2) is 4.39 Å². The van der Waals surface area contributed by atoms with Gasteiger partial charge in [0.05, 0.1) is 0 Å². The summed E-state index contributed by atoms with van der Waals surface area (Å²) in [6, 6.07) is 6.17. The van der Waals surface area contributed by atoms with Crippen LogP contribution in [0.25, 0.3) is 0 Å². The van der Waals surface area contributed by atoms with Crippen LogP contribution in [0.15, 0.2) is 24.3 Å². The second kappa shape index (κ2) is 6.77. The summed E-state index contributed by atoms with van der Waals surface area (Å²) in [7, 11) is 1.66. The lowest BCUT2D eigenvalue weighted by molar-refractivity contribution is 0.0778. The van der Waals surface area contributed by atoms with Gasteiger partial charge >= 0.3 is 0 Å². The van der Waals surface area contributed by atoms with Crippen molar-refractivity contribution in [1.29, 1.82) is 0 Å². The maximum absolute atomic E-state index is 13.3. The van der Waals surface area contributed by atoms with E-state index in [1.807, 2.05) is 6.92 Å². The molecule has 0 aliphatic rings. The number of hydrogen-bond acceptors (Lipinski definition) is 2. The predicted octanol–water partition coefficient (Wildman–Crippen LogP) is 3.50. The van der Waals surface area contributed by atoms with Crippen molar-refractivity contribution < 1.29 is 14.0 Å². The fourth-order valence-electron chi connectivity index (χ4n) is 2.86. The second-order valence-corrected chi connectivity index (χ2v) is 5.68. The molecule has 0 radical (unpaired) electrons. The molecule has 1 aromatic heterocycles. The molecule has 2 aromatic rings. The number of rotatable bonds is 5. The third kappa shape index (κ3) is 3.50. The van der Waals surface area contributed by atoms with Crippen molar-refractivity contribution in [2.24, 2.45) is 0 Å². The molecule has 0 saturated carbocycles. The van der Waals surface area contributed by atoms with Crippen LogP contribution in [0.1, 0.15) is 51.5 Å². The number of aryl methyl sites for hydroxylation is 1. The second-order valence-electron chi connectivity index (χ2n) is 5.68. The van der Waals surface area contributed by atoms with Crippen molar-refractivity contribution >= 4 is 11.7 Å². The van der Waals surface area contributed by atoms with Crippen LogP contribution in [-0.4, -0.2) is 28.6 Å². The van der Waals surface area contributed by atoms with Gasteiger partial charge in [0.1, 0.15) is 11.5 Å². The van der Waals surface area contributed by atoms with Crippen LogP contribution in [0.4, 0.5) is 4.39 Å². The molecule has 2 rings (SSSR count). The summed E-state index contributed by atoms with van der Waals surface area (Å²) < 4.78 is 13.3. The number of carbonyl (C=O) groups excluding carboxylic acids is 2. The first-order valence-electron chi connectivity index (χ1n) is 7.57. The van der Waals surface area contributed by atoms with Crippen molar-refractivity contribution in [2.75, 3.05) is 7.05 Å². The van der Waals surface area contributed by atoms with Gasteiger partial charge in [-0.05, 0) is 43.5 Å². The molecule has 0 spiro atoms. The highest BCUT2D eigenvalue weighted by Gasteiger charge is 2.23. The number of H-pyrrole nitrogens is 1. The average molecular weight is 316 g/mol. The van der Waals surface area contributed by atoms with Gasteiger partial charge in [0.25, 0.3) is 5.91 Å².